The number of H-pyrrole nitrogens is 1. The molecule has 2 N–H and O–H groups in total. The largest absolute Gasteiger partial charge is 0.350 e. The first-order valence-corrected chi connectivity index (χ1v) is 7.15. The quantitative estimate of drug-likeness (QED) is 0.854. The molecule has 1 amide bonds. The van der Waals surface area contributed by atoms with Gasteiger partial charge in [0.1, 0.15) is 6.04 Å². The Kier molecular flexibility index (Phi) is 5.11. The zero-order valence-electron chi connectivity index (χ0n) is 12.8. The van der Waals surface area contributed by atoms with Crippen LogP contribution in [0.2, 0.25) is 0 Å². The minimum atomic E-state index is -0.275. The Balaban J connectivity index is 2.10. The molecule has 1 aromatic carbocycles. The van der Waals surface area contributed by atoms with Crippen molar-refractivity contribution in [3.8, 4) is 0 Å². The van der Waals surface area contributed by atoms with Gasteiger partial charge in [0.15, 0.2) is 0 Å². The molecule has 21 heavy (non-hydrogen) atoms. The molecule has 0 aliphatic heterocycles. The van der Waals surface area contributed by atoms with Gasteiger partial charge in [0.2, 0.25) is 5.91 Å². The molecule has 2 rings (SSSR count). The van der Waals surface area contributed by atoms with E-state index in [2.05, 4.69) is 15.5 Å². The lowest BCUT2D eigenvalue weighted by molar-refractivity contribution is -0.126. The fourth-order valence-electron chi connectivity index (χ4n) is 2.26. The van der Waals surface area contributed by atoms with Crippen LogP contribution in [0.15, 0.2) is 36.5 Å². The molecule has 0 unspecified atom stereocenters. The van der Waals surface area contributed by atoms with E-state index >= 15 is 0 Å². The van der Waals surface area contributed by atoms with Crippen molar-refractivity contribution in [2.45, 2.75) is 26.4 Å². The minimum absolute atomic E-state index is 0.00569. The van der Waals surface area contributed by atoms with E-state index < -0.39 is 0 Å². The van der Waals surface area contributed by atoms with Crippen LogP contribution in [-0.2, 0) is 11.3 Å². The Hall–Kier alpha value is -2.14. The van der Waals surface area contributed by atoms with Crippen LogP contribution in [0, 0.1) is 6.92 Å². The topological polar surface area (TPSA) is 61.0 Å². The summed E-state index contributed by atoms with van der Waals surface area (Å²) in [7, 11) is 1.96. The van der Waals surface area contributed by atoms with Crippen molar-refractivity contribution in [1.82, 2.24) is 20.4 Å². The zero-order chi connectivity index (χ0) is 15.2. The number of carbonyl (C=O) groups is 1. The molecule has 2 aromatic rings. The van der Waals surface area contributed by atoms with Gasteiger partial charge in [-0.3, -0.25) is 14.8 Å². The standard InChI is InChI=1S/C16H22N4O/c1-4-20(3)15(13-8-6-5-7-9-13)16(21)17-10-14-11-18-19-12(14)2/h5-9,11,15H,4,10H2,1-3H3,(H,17,21)(H,18,19)/t15-/m0/s1. The van der Waals surface area contributed by atoms with Crippen molar-refractivity contribution in [2.75, 3.05) is 13.6 Å². The maximum atomic E-state index is 12.6. The molecule has 0 saturated carbocycles. The van der Waals surface area contributed by atoms with Gasteiger partial charge < -0.3 is 5.32 Å². The number of amides is 1. The lowest BCUT2D eigenvalue weighted by atomic mass is 10.0. The lowest BCUT2D eigenvalue weighted by Gasteiger charge is -2.26. The maximum absolute atomic E-state index is 12.6. The molecule has 0 saturated heterocycles. The van der Waals surface area contributed by atoms with Crippen molar-refractivity contribution < 1.29 is 4.79 Å². The highest BCUT2D eigenvalue weighted by Crippen LogP contribution is 2.19. The van der Waals surface area contributed by atoms with Crippen LogP contribution >= 0.6 is 0 Å². The summed E-state index contributed by atoms with van der Waals surface area (Å²) in [5.41, 5.74) is 2.99. The summed E-state index contributed by atoms with van der Waals surface area (Å²) in [5.74, 6) is 0.00569. The van der Waals surface area contributed by atoms with Crippen molar-refractivity contribution in [3.05, 3.63) is 53.3 Å². The number of carbonyl (C=O) groups excluding carboxylic acids is 1. The number of hydrogen-bond acceptors (Lipinski definition) is 3. The van der Waals surface area contributed by atoms with Gasteiger partial charge >= 0.3 is 0 Å². The van der Waals surface area contributed by atoms with Gasteiger partial charge in [0.25, 0.3) is 0 Å². The van der Waals surface area contributed by atoms with Crippen LogP contribution in [0.1, 0.15) is 29.8 Å². The maximum Gasteiger partial charge on any atom is 0.242 e. The first kappa shape index (κ1) is 15.3. The SMILES string of the molecule is CCN(C)[C@H](C(=O)NCc1cn[nH]c1C)c1ccccc1. The number of benzene rings is 1. The van der Waals surface area contributed by atoms with Crippen molar-refractivity contribution in [2.24, 2.45) is 0 Å². The number of nitrogens with zero attached hydrogens (tertiary/aromatic N) is 2. The van der Waals surface area contributed by atoms with Crippen LogP contribution in [0.5, 0.6) is 0 Å². The number of hydrogen-bond donors (Lipinski definition) is 2. The van der Waals surface area contributed by atoms with Crippen molar-refractivity contribution >= 4 is 5.91 Å². The van der Waals surface area contributed by atoms with Gasteiger partial charge in [-0.2, -0.15) is 5.10 Å². The molecule has 0 aliphatic rings. The van der Waals surface area contributed by atoms with Crippen LogP contribution in [0.4, 0.5) is 0 Å². The summed E-state index contributed by atoms with van der Waals surface area (Å²) in [6, 6.07) is 9.57. The number of aromatic amines is 1. The van der Waals surface area contributed by atoms with E-state index in [0.29, 0.717) is 6.54 Å². The molecule has 1 heterocycles. The van der Waals surface area contributed by atoms with Gasteiger partial charge in [0, 0.05) is 17.8 Å². The third kappa shape index (κ3) is 3.70. The molecule has 0 fully saturated rings. The second-order valence-corrected chi connectivity index (χ2v) is 5.12. The van der Waals surface area contributed by atoms with E-state index in [1.807, 2.05) is 56.1 Å². The van der Waals surface area contributed by atoms with Gasteiger partial charge in [0.05, 0.1) is 6.20 Å². The Morgan fingerprint density at radius 1 is 1.38 bits per heavy atom. The van der Waals surface area contributed by atoms with Crippen LogP contribution in [0.3, 0.4) is 0 Å². The molecule has 0 bridgehead atoms. The van der Waals surface area contributed by atoms with Gasteiger partial charge in [-0.1, -0.05) is 37.3 Å². The number of nitrogens with one attached hydrogen (secondary N) is 2. The van der Waals surface area contributed by atoms with Crippen molar-refractivity contribution in [1.29, 1.82) is 0 Å². The lowest BCUT2D eigenvalue weighted by Crippen LogP contribution is -2.38. The Morgan fingerprint density at radius 2 is 2.10 bits per heavy atom. The molecular weight excluding hydrogens is 264 g/mol. The molecule has 1 aromatic heterocycles. The first-order valence-electron chi connectivity index (χ1n) is 7.15. The highest BCUT2D eigenvalue weighted by atomic mass is 16.2. The predicted octanol–water partition coefficient (Wildman–Crippen LogP) is 2.03. The molecule has 5 heteroatoms. The number of aromatic nitrogens is 2. The van der Waals surface area contributed by atoms with Crippen LogP contribution < -0.4 is 5.32 Å². The highest BCUT2D eigenvalue weighted by Gasteiger charge is 2.23. The number of likely N-dealkylation sites (N-methyl/N-ethyl adjacent to an activating group) is 1. The smallest absolute Gasteiger partial charge is 0.242 e. The van der Waals surface area contributed by atoms with E-state index in [-0.39, 0.29) is 11.9 Å². The third-order valence-electron chi connectivity index (χ3n) is 3.69. The van der Waals surface area contributed by atoms with Gasteiger partial charge in [-0.15, -0.1) is 0 Å². The molecule has 112 valence electrons. The molecular formula is C16H22N4O. The summed E-state index contributed by atoms with van der Waals surface area (Å²) in [5, 5.41) is 9.84. The molecule has 0 aliphatic carbocycles. The molecule has 0 spiro atoms. The summed E-state index contributed by atoms with van der Waals surface area (Å²) in [6.45, 7) is 5.28. The second kappa shape index (κ2) is 7.04. The summed E-state index contributed by atoms with van der Waals surface area (Å²) < 4.78 is 0. The number of aryl methyl sites for hydroxylation is 1. The third-order valence-corrected chi connectivity index (χ3v) is 3.69. The highest BCUT2D eigenvalue weighted by molar-refractivity contribution is 5.83. The first-order chi connectivity index (χ1) is 10.1. The van der Waals surface area contributed by atoms with E-state index in [9.17, 15) is 4.79 Å². The summed E-state index contributed by atoms with van der Waals surface area (Å²) in [6.07, 6.45) is 1.75. The zero-order valence-corrected chi connectivity index (χ0v) is 12.8. The molecule has 1 atom stereocenters. The molecule has 0 radical (unpaired) electrons. The van der Waals surface area contributed by atoms with Crippen LogP contribution in [0.25, 0.3) is 0 Å². The fraction of sp³-hybridized carbons (Fsp3) is 0.375. The summed E-state index contributed by atoms with van der Waals surface area (Å²) in [4.78, 5) is 14.6. The van der Waals surface area contributed by atoms with Crippen molar-refractivity contribution in [3.63, 3.8) is 0 Å². The van der Waals surface area contributed by atoms with E-state index in [1.54, 1.807) is 6.20 Å². The Labute approximate surface area is 125 Å². The predicted molar refractivity (Wildman–Crippen MR) is 82.7 cm³/mol. The van der Waals surface area contributed by atoms with E-state index in [1.165, 1.54) is 0 Å². The Morgan fingerprint density at radius 3 is 2.67 bits per heavy atom. The van der Waals surface area contributed by atoms with E-state index in [4.69, 9.17) is 0 Å². The molecule has 5 nitrogen and oxygen atoms in total. The summed E-state index contributed by atoms with van der Waals surface area (Å²) >= 11 is 0. The average Bonchev–Trinajstić information content (AvgIpc) is 2.91. The Bertz CT molecular complexity index is 579. The van der Waals surface area contributed by atoms with Crippen LogP contribution in [-0.4, -0.2) is 34.6 Å². The minimum Gasteiger partial charge on any atom is -0.350 e. The average molecular weight is 286 g/mol. The van der Waals surface area contributed by atoms with Gasteiger partial charge in [-0.25, -0.2) is 0 Å². The fourth-order valence-corrected chi connectivity index (χ4v) is 2.26. The monoisotopic (exact) mass is 286 g/mol. The normalized spacial score (nSPS) is 12.4. The van der Waals surface area contributed by atoms with E-state index in [0.717, 1.165) is 23.4 Å². The van der Waals surface area contributed by atoms with Gasteiger partial charge in [-0.05, 0) is 26.1 Å². The second-order valence-electron chi connectivity index (χ2n) is 5.12. The number of rotatable bonds is 6.